The predicted molar refractivity (Wildman–Crippen MR) is 77.8 cm³/mol. The summed E-state index contributed by atoms with van der Waals surface area (Å²) >= 11 is 3.62. The summed E-state index contributed by atoms with van der Waals surface area (Å²) in [7, 11) is 0. The highest BCUT2D eigenvalue weighted by atomic mass is 79.9. The topological polar surface area (TPSA) is 15.3 Å². The van der Waals surface area contributed by atoms with E-state index in [0.717, 1.165) is 13.1 Å². The molecular formula is C14H21BrN2. The van der Waals surface area contributed by atoms with Crippen molar-refractivity contribution in [2.24, 2.45) is 0 Å². The minimum atomic E-state index is 0.645. The largest absolute Gasteiger partial charge is 0.370 e. The molecule has 1 aliphatic rings. The summed E-state index contributed by atoms with van der Waals surface area (Å²) < 4.78 is 1.21. The lowest BCUT2D eigenvalue weighted by Crippen LogP contribution is -2.45. The molecule has 0 radical (unpaired) electrons. The maximum atomic E-state index is 3.62. The van der Waals surface area contributed by atoms with Gasteiger partial charge in [0.05, 0.1) is 0 Å². The Hall–Kier alpha value is -0.540. The molecule has 1 aromatic rings. The molecule has 1 atom stereocenters. The number of benzene rings is 1. The fraction of sp³-hybridized carbons (Fsp3) is 0.571. The molecule has 94 valence electrons. The van der Waals surface area contributed by atoms with Crippen LogP contribution in [0.4, 0.5) is 5.69 Å². The maximum absolute atomic E-state index is 3.62. The van der Waals surface area contributed by atoms with Crippen molar-refractivity contribution in [2.45, 2.75) is 32.7 Å². The van der Waals surface area contributed by atoms with E-state index in [1.165, 1.54) is 35.1 Å². The van der Waals surface area contributed by atoms with Crippen LogP contribution in [0.5, 0.6) is 0 Å². The van der Waals surface area contributed by atoms with Crippen molar-refractivity contribution < 1.29 is 0 Å². The van der Waals surface area contributed by atoms with Crippen LogP contribution >= 0.6 is 15.9 Å². The lowest BCUT2D eigenvalue weighted by atomic mass is 10.0. The van der Waals surface area contributed by atoms with E-state index < -0.39 is 0 Å². The maximum Gasteiger partial charge on any atom is 0.0407 e. The molecular weight excluding hydrogens is 276 g/mol. The highest BCUT2D eigenvalue weighted by molar-refractivity contribution is 9.10. The second kappa shape index (κ2) is 5.87. The average Bonchev–Trinajstić information content (AvgIpc) is 2.33. The third kappa shape index (κ3) is 3.02. The molecule has 1 fully saturated rings. The Balaban J connectivity index is 2.13. The van der Waals surface area contributed by atoms with Crippen molar-refractivity contribution in [3.63, 3.8) is 0 Å². The first-order valence-electron chi connectivity index (χ1n) is 6.45. The van der Waals surface area contributed by atoms with Crippen molar-refractivity contribution in [1.29, 1.82) is 0 Å². The van der Waals surface area contributed by atoms with Crippen LogP contribution in [-0.2, 0) is 0 Å². The van der Waals surface area contributed by atoms with Gasteiger partial charge in [-0.15, -0.1) is 0 Å². The van der Waals surface area contributed by atoms with Crippen molar-refractivity contribution >= 4 is 21.6 Å². The molecule has 0 spiro atoms. The van der Waals surface area contributed by atoms with Crippen molar-refractivity contribution in [2.75, 3.05) is 24.5 Å². The standard InChI is InChI=1S/C14H21BrN2/c1-3-16-12-6-5-9-17(10-12)14-8-4-7-13(15)11(14)2/h4,7-8,12,16H,3,5-6,9-10H2,1-2H3. The van der Waals surface area contributed by atoms with E-state index in [1.807, 2.05) is 0 Å². The van der Waals surface area contributed by atoms with Crippen LogP contribution < -0.4 is 10.2 Å². The van der Waals surface area contributed by atoms with E-state index in [2.05, 4.69) is 58.2 Å². The van der Waals surface area contributed by atoms with Crippen LogP contribution in [0.1, 0.15) is 25.3 Å². The fourth-order valence-electron chi connectivity index (χ4n) is 2.59. The molecule has 1 aliphatic heterocycles. The zero-order chi connectivity index (χ0) is 12.3. The quantitative estimate of drug-likeness (QED) is 0.920. The minimum Gasteiger partial charge on any atom is -0.370 e. The minimum absolute atomic E-state index is 0.645. The number of hydrogen-bond acceptors (Lipinski definition) is 2. The van der Waals surface area contributed by atoms with Gasteiger partial charge in [0, 0.05) is 29.3 Å². The lowest BCUT2D eigenvalue weighted by Gasteiger charge is -2.35. The third-order valence-electron chi connectivity index (χ3n) is 3.49. The number of likely N-dealkylation sites (N-methyl/N-ethyl adjacent to an activating group) is 1. The summed E-state index contributed by atoms with van der Waals surface area (Å²) in [4.78, 5) is 2.51. The summed E-state index contributed by atoms with van der Waals surface area (Å²) in [6, 6.07) is 7.12. The number of nitrogens with one attached hydrogen (secondary N) is 1. The van der Waals surface area contributed by atoms with Crippen molar-refractivity contribution in [3.8, 4) is 0 Å². The molecule has 0 aliphatic carbocycles. The van der Waals surface area contributed by atoms with Crippen LogP contribution in [0, 0.1) is 6.92 Å². The lowest BCUT2D eigenvalue weighted by molar-refractivity contribution is 0.431. The number of piperidine rings is 1. The summed E-state index contributed by atoms with van der Waals surface area (Å²) in [5.74, 6) is 0. The predicted octanol–water partition coefficient (Wildman–Crippen LogP) is 3.34. The Morgan fingerprint density at radius 1 is 1.47 bits per heavy atom. The monoisotopic (exact) mass is 296 g/mol. The van der Waals surface area contributed by atoms with Gasteiger partial charge < -0.3 is 10.2 Å². The molecule has 1 saturated heterocycles. The zero-order valence-corrected chi connectivity index (χ0v) is 12.3. The molecule has 0 bridgehead atoms. The third-order valence-corrected chi connectivity index (χ3v) is 4.35. The van der Waals surface area contributed by atoms with Crippen LogP contribution in [0.15, 0.2) is 22.7 Å². The number of anilines is 1. The van der Waals surface area contributed by atoms with Crippen LogP contribution in [0.3, 0.4) is 0 Å². The van der Waals surface area contributed by atoms with E-state index in [1.54, 1.807) is 0 Å². The number of hydrogen-bond donors (Lipinski definition) is 1. The first-order chi connectivity index (χ1) is 8.22. The molecule has 3 heteroatoms. The van der Waals surface area contributed by atoms with Gasteiger partial charge in [0.1, 0.15) is 0 Å². The molecule has 1 aromatic carbocycles. The van der Waals surface area contributed by atoms with Crippen LogP contribution in [0.2, 0.25) is 0 Å². The summed E-state index contributed by atoms with van der Waals surface area (Å²) in [6.45, 7) is 7.75. The van der Waals surface area contributed by atoms with E-state index in [0.29, 0.717) is 6.04 Å². The van der Waals surface area contributed by atoms with Gasteiger partial charge in [-0.3, -0.25) is 0 Å². The zero-order valence-electron chi connectivity index (χ0n) is 10.7. The van der Waals surface area contributed by atoms with Crippen LogP contribution in [-0.4, -0.2) is 25.7 Å². The van der Waals surface area contributed by atoms with Gasteiger partial charge in [0.25, 0.3) is 0 Å². The van der Waals surface area contributed by atoms with Gasteiger partial charge in [0.15, 0.2) is 0 Å². The molecule has 0 aromatic heterocycles. The van der Waals surface area contributed by atoms with Gasteiger partial charge in [-0.25, -0.2) is 0 Å². The summed E-state index contributed by atoms with van der Waals surface area (Å²) in [5.41, 5.74) is 2.73. The van der Waals surface area contributed by atoms with E-state index in [9.17, 15) is 0 Å². The molecule has 0 saturated carbocycles. The fourth-order valence-corrected chi connectivity index (χ4v) is 2.95. The van der Waals surface area contributed by atoms with E-state index in [4.69, 9.17) is 0 Å². The summed E-state index contributed by atoms with van der Waals surface area (Å²) in [6.07, 6.45) is 2.58. The Morgan fingerprint density at radius 2 is 2.29 bits per heavy atom. The van der Waals surface area contributed by atoms with Gasteiger partial charge in [-0.2, -0.15) is 0 Å². The molecule has 1 heterocycles. The average molecular weight is 297 g/mol. The van der Waals surface area contributed by atoms with Crippen molar-refractivity contribution in [1.82, 2.24) is 5.32 Å². The van der Waals surface area contributed by atoms with Gasteiger partial charge in [-0.1, -0.05) is 28.9 Å². The summed E-state index contributed by atoms with van der Waals surface area (Å²) in [5, 5.41) is 3.56. The molecule has 1 unspecified atom stereocenters. The highest BCUT2D eigenvalue weighted by Gasteiger charge is 2.20. The van der Waals surface area contributed by atoms with Gasteiger partial charge in [-0.05, 0) is 44.0 Å². The molecule has 1 N–H and O–H groups in total. The Labute approximate surface area is 113 Å². The second-order valence-corrected chi connectivity index (χ2v) is 5.58. The SMILES string of the molecule is CCNC1CCCN(c2cccc(Br)c2C)C1. The normalized spacial score (nSPS) is 20.6. The second-order valence-electron chi connectivity index (χ2n) is 4.73. The Morgan fingerprint density at radius 3 is 3.06 bits per heavy atom. The number of nitrogens with zero attached hydrogens (tertiary/aromatic N) is 1. The van der Waals surface area contributed by atoms with Crippen LogP contribution in [0.25, 0.3) is 0 Å². The smallest absolute Gasteiger partial charge is 0.0407 e. The molecule has 2 nitrogen and oxygen atoms in total. The Bertz CT molecular complexity index is 376. The van der Waals surface area contributed by atoms with Gasteiger partial charge >= 0.3 is 0 Å². The highest BCUT2D eigenvalue weighted by Crippen LogP contribution is 2.28. The molecule has 0 amide bonds. The van der Waals surface area contributed by atoms with Crippen molar-refractivity contribution in [3.05, 3.63) is 28.2 Å². The number of rotatable bonds is 3. The Kier molecular flexibility index (Phi) is 4.46. The molecule has 17 heavy (non-hydrogen) atoms. The van der Waals surface area contributed by atoms with Gasteiger partial charge in [0.2, 0.25) is 0 Å². The number of halogens is 1. The van der Waals surface area contributed by atoms with E-state index in [-0.39, 0.29) is 0 Å². The van der Waals surface area contributed by atoms with E-state index >= 15 is 0 Å². The molecule has 2 rings (SSSR count). The first-order valence-corrected chi connectivity index (χ1v) is 7.25. The first kappa shape index (κ1) is 12.9.